The van der Waals surface area contributed by atoms with E-state index in [1.165, 1.54) is 0 Å². The Morgan fingerprint density at radius 1 is 1.72 bits per heavy atom. The van der Waals surface area contributed by atoms with Crippen LogP contribution in [0.15, 0.2) is 12.3 Å². The van der Waals surface area contributed by atoms with E-state index in [0.29, 0.717) is 12.2 Å². The monoisotopic (exact) mass is 252 g/mol. The minimum absolute atomic E-state index is 0.160. The SMILES string of the molecule is CCCn1nccc1C(=O)N[C@@H]1CCNC[C@H]1O. The van der Waals surface area contributed by atoms with E-state index < -0.39 is 6.10 Å². The number of nitrogens with zero attached hydrogens (tertiary/aromatic N) is 2. The first kappa shape index (κ1) is 13.0. The molecule has 1 saturated heterocycles. The Morgan fingerprint density at radius 3 is 3.28 bits per heavy atom. The van der Waals surface area contributed by atoms with Crippen molar-refractivity contribution in [3.8, 4) is 0 Å². The molecular formula is C12H20N4O2. The average Bonchev–Trinajstić information content (AvgIpc) is 2.81. The van der Waals surface area contributed by atoms with Gasteiger partial charge in [-0.15, -0.1) is 0 Å². The van der Waals surface area contributed by atoms with Gasteiger partial charge in [0.15, 0.2) is 0 Å². The van der Waals surface area contributed by atoms with Gasteiger partial charge in [-0.25, -0.2) is 0 Å². The molecule has 0 radical (unpaired) electrons. The summed E-state index contributed by atoms with van der Waals surface area (Å²) in [5.74, 6) is -0.160. The highest BCUT2D eigenvalue weighted by Crippen LogP contribution is 2.06. The van der Waals surface area contributed by atoms with Crippen LogP contribution in [-0.4, -0.2) is 46.0 Å². The zero-order chi connectivity index (χ0) is 13.0. The number of piperidine rings is 1. The molecule has 3 N–H and O–H groups in total. The Morgan fingerprint density at radius 2 is 2.56 bits per heavy atom. The molecule has 18 heavy (non-hydrogen) atoms. The third-order valence-corrected chi connectivity index (χ3v) is 3.15. The van der Waals surface area contributed by atoms with Gasteiger partial charge in [0, 0.05) is 19.3 Å². The van der Waals surface area contributed by atoms with Crippen LogP contribution >= 0.6 is 0 Å². The topological polar surface area (TPSA) is 79.2 Å². The molecule has 1 amide bonds. The van der Waals surface area contributed by atoms with Crippen LogP contribution in [0, 0.1) is 0 Å². The molecular weight excluding hydrogens is 232 g/mol. The maximum atomic E-state index is 12.1. The molecule has 1 aliphatic rings. The van der Waals surface area contributed by atoms with Crippen molar-refractivity contribution in [2.45, 2.75) is 38.5 Å². The van der Waals surface area contributed by atoms with Gasteiger partial charge < -0.3 is 15.7 Å². The second-order valence-corrected chi connectivity index (χ2v) is 4.58. The molecule has 0 saturated carbocycles. The first-order valence-corrected chi connectivity index (χ1v) is 6.44. The molecule has 6 heteroatoms. The van der Waals surface area contributed by atoms with E-state index in [1.807, 2.05) is 6.92 Å². The van der Waals surface area contributed by atoms with Crippen molar-refractivity contribution in [2.75, 3.05) is 13.1 Å². The number of rotatable bonds is 4. The lowest BCUT2D eigenvalue weighted by atomic mass is 10.0. The van der Waals surface area contributed by atoms with Gasteiger partial charge in [-0.1, -0.05) is 6.92 Å². The van der Waals surface area contributed by atoms with Crippen LogP contribution in [0.3, 0.4) is 0 Å². The number of carbonyl (C=O) groups is 1. The number of hydrogen-bond acceptors (Lipinski definition) is 4. The Kier molecular flexibility index (Phi) is 4.33. The van der Waals surface area contributed by atoms with E-state index in [1.54, 1.807) is 16.9 Å². The summed E-state index contributed by atoms with van der Waals surface area (Å²) in [6.45, 7) is 4.11. The van der Waals surface area contributed by atoms with Crippen LogP contribution in [0.25, 0.3) is 0 Å². The van der Waals surface area contributed by atoms with Gasteiger partial charge >= 0.3 is 0 Å². The molecule has 0 spiro atoms. The number of β-amino-alcohol motifs (C(OH)–C–C–N with tert-alkyl or cyclic N) is 1. The molecule has 0 bridgehead atoms. The van der Waals surface area contributed by atoms with Crippen molar-refractivity contribution in [1.82, 2.24) is 20.4 Å². The Balaban J connectivity index is 2.00. The van der Waals surface area contributed by atoms with Gasteiger partial charge in [0.2, 0.25) is 0 Å². The first-order chi connectivity index (χ1) is 8.72. The number of amides is 1. The third kappa shape index (κ3) is 2.88. The van der Waals surface area contributed by atoms with Gasteiger partial charge in [-0.3, -0.25) is 9.48 Å². The van der Waals surface area contributed by atoms with Crippen molar-refractivity contribution >= 4 is 5.91 Å². The van der Waals surface area contributed by atoms with Crippen molar-refractivity contribution in [2.24, 2.45) is 0 Å². The highest BCUT2D eigenvalue weighted by Gasteiger charge is 2.25. The molecule has 6 nitrogen and oxygen atoms in total. The van der Waals surface area contributed by atoms with Gasteiger partial charge in [-0.05, 0) is 25.5 Å². The van der Waals surface area contributed by atoms with E-state index in [0.717, 1.165) is 25.9 Å². The van der Waals surface area contributed by atoms with E-state index >= 15 is 0 Å². The summed E-state index contributed by atoms with van der Waals surface area (Å²) in [7, 11) is 0. The molecule has 2 rings (SSSR count). The lowest BCUT2D eigenvalue weighted by Crippen LogP contribution is -2.52. The van der Waals surface area contributed by atoms with Crippen LogP contribution in [0.4, 0.5) is 0 Å². The van der Waals surface area contributed by atoms with E-state index in [-0.39, 0.29) is 11.9 Å². The Bertz CT molecular complexity index is 405. The van der Waals surface area contributed by atoms with E-state index in [2.05, 4.69) is 15.7 Å². The number of aromatic nitrogens is 2. The van der Waals surface area contributed by atoms with Gasteiger partial charge in [-0.2, -0.15) is 5.10 Å². The van der Waals surface area contributed by atoms with Crippen molar-refractivity contribution in [3.63, 3.8) is 0 Å². The van der Waals surface area contributed by atoms with Gasteiger partial charge in [0.25, 0.3) is 5.91 Å². The van der Waals surface area contributed by atoms with E-state index in [9.17, 15) is 9.90 Å². The second-order valence-electron chi connectivity index (χ2n) is 4.58. The van der Waals surface area contributed by atoms with Crippen molar-refractivity contribution < 1.29 is 9.90 Å². The van der Waals surface area contributed by atoms with Crippen LogP contribution in [-0.2, 0) is 6.54 Å². The highest BCUT2D eigenvalue weighted by atomic mass is 16.3. The van der Waals surface area contributed by atoms with Gasteiger partial charge in [0.05, 0.1) is 12.1 Å². The van der Waals surface area contributed by atoms with Crippen molar-refractivity contribution in [1.29, 1.82) is 0 Å². The molecule has 0 aromatic carbocycles. The summed E-state index contributed by atoms with van der Waals surface area (Å²) in [4.78, 5) is 12.1. The van der Waals surface area contributed by atoms with Crippen LogP contribution < -0.4 is 10.6 Å². The molecule has 2 heterocycles. The fourth-order valence-electron chi connectivity index (χ4n) is 2.17. The zero-order valence-corrected chi connectivity index (χ0v) is 10.6. The Labute approximate surface area is 106 Å². The maximum Gasteiger partial charge on any atom is 0.269 e. The summed E-state index contributed by atoms with van der Waals surface area (Å²) in [5, 5.41) is 19.9. The lowest BCUT2D eigenvalue weighted by molar-refractivity contribution is 0.0756. The normalized spacial score (nSPS) is 23.9. The molecule has 100 valence electrons. The lowest BCUT2D eigenvalue weighted by Gasteiger charge is -2.29. The van der Waals surface area contributed by atoms with Crippen molar-refractivity contribution in [3.05, 3.63) is 18.0 Å². The zero-order valence-electron chi connectivity index (χ0n) is 10.6. The Hall–Kier alpha value is -1.40. The number of carbonyl (C=O) groups excluding carboxylic acids is 1. The summed E-state index contributed by atoms with van der Waals surface area (Å²) in [5.41, 5.74) is 0.558. The van der Waals surface area contributed by atoms with E-state index in [4.69, 9.17) is 0 Å². The highest BCUT2D eigenvalue weighted by molar-refractivity contribution is 5.92. The largest absolute Gasteiger partial charge is 0.390 e. The fraction of sp³-hybridized carbons (Fsp3) is 0.667. The molecule has 0 unspecified atom stereocenters. The fourth-order valence-corrected chi connectivity index (χ4v) is 2.17. The average molecular weight is 252 g/mol. The predicted molar refractivity (Wildman–Crippen MR) is 67.3 cm³/mol. The number of aliphatic hydroxyl groups is 1. The molecule has 2 atom stereocenters. The predicted octanol–water partition coefficient (Wildman–Crippen LogP) is -0.254. The number of nitrogens with one attached hydrogen (secondary N) is 2. The molecule has 1 fully saturated rings. The molecule has 1 aromatic rings. The number of hydrogen-bond donors (Lipinski definition) is 3. The minimum atomic E-state index is -0.523. The van der Waals surface area contributed by atoms with Crippen LogP contribution in [0.2, 0.25) is 0 Å². The summed E-state index contributed by atoms with van der Waals surface area (Å²) in [6.07, 6.45) is 2.78. The standard InChI is InChI=1S/C12H20N4O2/c1-2-7-16-10(4-6-14-16)12(18)15-9-3-5-13-8-11(9)17/h4,6,9,11,13,17H,2-3,5,7-8H2,1H3,(H,15,18)/t9-,11-/m1/s1. The summed E-state index contributed by atoms with van der Waals surface area (Å²) >= 11 is 0. The summed E-state index contributed by atoms with van der Waals surface area (Å²) in [6, 6.07) is 1.53. The van der Waals surface area contributed by atoms with Crippen LogP contribution in [0.1, 0.15) is 30.3 Å². The second kappa shape index (κ2) is 5.97. The van der Waals surface area contributed by atoms with Gasteiger partial charge in [0.1, 0.15) is 5.69 Å². The maximum absolute atomic E-state index is 12.1. The molecule has 1 aliphatic heterocycles. The minimum Gasteiger partial charge on any atom is -0.390 e. The quantitative estimate of drug-likeness (QED) is 0.690. The molecule has 1 aromatic heterocycles. The molecule has 0 aliphatic carbocycles. The smallest absolute Gasteiger partial charge is 0.269 e. The summed E-state index contributed by atoms with van der Waals surface area (Å²) < 4.78 is 1.70. The number of aryl methyl sites for hydroxylation is 1. The third-order valence-electron chi connectivity index (χ3n) is 3.15. The number of aliphatic hydroxyl groups excluding tert-OH is 1. The first-order valence-electron chi connectivity index (χ1n) is 6.44. The van der Waals surface area contributed by atoms with Crippen LogP contribution in [0.5, 0.6) is 0 Å².